The molecule has 0 unspecified atom stereocenters. The van der Waals surface area contributed by atoms with Crippen molar-refractivity contribution in [1.82, 2.24) is 0 Å². The van der Waals surface area contributed by atoms with Gasteiger partial charge in [0.15, 0.2) is 0 Å². The van der Waals surface area contributed by atoms with Gasteiger partial charge in [0, 0.05) is 5.57 Å². The molecule has 0 amide bonds. The summed E-state index contributed by atoms with van der Waals surface area (Å²) in [5.41, 5.74) is 2.43. The summed E-state index contributed by atoms with van der Waals surface area (Å²) in [4.78, 5) is 10.6. The average Bonchev–Trinajstić information content (AvgIpc) is 2.32. The number of hydrogen-bond donors (Lipinski definition) is 1. The van der Waals surface area contributed by atoms with Crippen LogP contribution in [0.25, 0.3) is 0 Å². The van der Waals surface area contributed by atoms with Gasteiger partial charge in [-0.2, -0.15) is 0 Å². The summed E-state index contributed by atoms with van der Waals surface area (Å²) in [6, 6.07) is 0. The van der Waals surface area contributed by atoms with E-state index in [4.69, 9.17) is 5.11 Å². The largest absolute Gasteiger partial charge is 0.478 e. The Labute approximate surface area is 66.2 Å². The van der Waals surface area contributed by atoms with E-state index in [0.717, 1.165) is 24.0 Å². The lowest BCUT2D eigenvalue weighted by atomic mass is 10.1. The van der Waals surface area contributed by atoms with Crippen molar-refractivity contribution in [2.24, 2.45) is 0 Å². The standard InChI is InChI=1S/C9H12O2/c1-6(2)7-4-3-5-8(7)9(10)11/h1,3-5H2,2H3,(H,10,11). The zero-order chi connectivity index (χ0) is 8.43. The fraction of sp³-hybridized carbons (Fsp3) is 0.444. The molecular formula is C9H12O2. The predicted octanol–water partition coefficient (Wildman–Crippen LogP) is 2.13. The molecule has 0 saturated heterocycles. The molecule has 0 heterocycles. The number of allylic oxidation sites excluding steroid dienone is 2. The fourth-order valence-corrected chi connectivity index (χ4v) is 1.45. The molecule has 1 N–H and O–H groups in total. The van der Waals surface area contributed by atoms with Crippen molar-refractivity contribution in [2.75, 3.05) is 0 Å². The van der Waals surface area contributed by atoms with E-state index in [1.54, 1.807) is 0 Å². The van der Waals surface area contributed by atoms with Gasteiger partial charge in [0.1, 0.15) is 0 Å². The third-order valence-electron chi connectivity index (χ3n) is 1.99. The molecule has 0 aliphatic heterocycles. The van der Waals surface area contributed by atoms with Gasteiger partial charge in [0.05, 0.1) is 0 Å². The summed E-state index contributed by atoms with van der Waals surface area (Å²) >= 11 is 0. The minimum Gasteiger partial charge on any atom is -0.478 e. The summed E-state index contributed by atoms with van der Waals surface area (Å²) < 4.78 is 0. The van der Waals surface area contributed by atoms with Crippen molar-refractivity contribution < 1.29 is 9.90 Å². The number of rotatable bonds is 2. The molecule has 1 rings (SSSR count). The molecule has 0 aromatic rings. The number of carboxylic acid groups (broad SMARTS) is 1. The first-order valence-electron chi connectivity index (χ1n) is 3.74. The van der Waals surface area contributed by atoms with Crippen LogP contribution >= 0.6 is 0 Å². The van der Waals surface area contributed by atoms with E-state index < -0.39 is 5.97 Å². The Hall–Kier alpha value is -1.05. The second kappa shape index (κ2) is 2.91. The monoisotopic (exact) mass is 152 g/mol. The minimum absolute atomic E-state index is 0.567. The molecule has 2 nitrogen and oxygen atoms in total. The third-order valence-corrected chi connectivity index (χ3v) is 1.99. The molecule has 0 saturated carbocycles. The van der Waals surface area contributed by atoms with E-state index in [2.05, 4.69) is 6.58 Å². The summed E-state index contributed by atoms with van der Waals surface area (Å²) in [5.74, 6) is -0.777. The third kappa shape index (κ3) is 1.50. The van der Waals surface area contributed by atoms with Crippen LogP contribution in [0.4, 0.5) is 0 Å². The second-order valence-corrected chi connectivity index (χ2v) is 2.90. The van der Waals surface area contributed by atoms with Crippen molar-refractivity contribution in [3.05, 3.63) is 23.3 Å². The van der Waals surface area contributed by atoms with Gasteiger partial charge in [0.25, 0.3) is 0 Å². The summed E-state index contributed by atoms with van der Waals surface area (Å²) in [7, 11) is 0. The fourth-order valence-electron chi connectivity index (χ4n) is 1.45. The Morgan fingerprint density at radius 3 is 2.36 bits per heavy atom. The van der Waals surface area contributed by atoms with Gasteiger partial charge in [-0.05, 0) is 31.8 Å². The first kappa shape index (κ1) is 8.05. The van der Waals surface area contributed by atoms with Crippen molar-refractivity contribution in [1.29, 1.82) is 0 Å². The number of hydrogen-bond acceptors (Lipinski definition) is 1. The lowest BCUT2D eigenvalue weighted by Gasteiger charge is -2.00. The van der Waals surface area contributed by atoms with Crippen molar-refractivity contribution in [3.8, 4) is 0 Å². The molecule has 0 spiro atoms. The topological polar surface area (TPSA) is 37.3 Å². The number of aliphatic carboxylic acids is 1. The molecule has 0 atom stereocenters. The van der Waals surface area contributed by atoms with Crippen LogP contribution in [-0.2, 0) is 4.79 Å². The lowest BCUT2D eigenvalue weighted by Crippen LogP contribution is -1.99. The van der Waals surface area contributed by atoms with E-state index in [1.807, 2.05) is 6.92 Å². The maximum Gasteiger partial charge on any atom is 0.331 e. The predicted molar refractivity (Wildman–Crippen MR) is 43.3 cm³/mol. The van der Waals surface area contributed by atoms with Crippen LogP contribution in [0, 0.1) is 0 Å². The molecular weight excluding hydrogens is 140 g/mol. The number of carbonyl (C=O) groups is 1. The highest BCUT2D eigenvalue weighted by atomic mass is 16.4. The smallest absolute Gasteiger partial charge is 0.331 e. The molecule has 0 bridgehead atoms. The van der Waals surface area contributed by atoms with Gasteiger partial charge in [0.2, 0.25) is 0 Å². The van der Waals surface area contributed by atoms with Gasteiger partial charge in [-0.15, -0.1) is 0 Å². The van der Waals surface area contributed by atoms with Crippen molar-refractivity contribution in [2.45, 2.75) is 26.2 Å². The Kier molecular flexibility index (Phi) is 2.13. The van der Waals surface area contributed by atoms with E-state index >= 15 is 0 Å². The van der Waals surface area contributed by atoms with Gasteiger partial charge in [-0.25, -0.2) is 4.79 Å². The van der Waals surface area contributed by atoms with Crippen LogP contribution in [0.15, 0.2) is 23.3 Å². The highest BCUT2D eigenvalue weighted by Crippen LogP contribution is 2.30. The zero-order valence-electron chi connectivity index (χ0n) is 6.68. The quantitative estimate of drug-likeness (QED) is 0.658. The van der Waals surface area contributed by atoms with Crippen LogP contribution in [0.1, 0.15) is 26.2 Å². The maximum atomic E-state index is 10.6. The van der Waals surface area contributed by atoms with Crippen molar-refractivity contribution in [3.63, 3.8) is 0 Å². The van der Waals surface area contributed by atoms with Gasteiger partial charge in [-0.1, -0.05) is 12.2 Å². The lowest BCUT2D eigenvalue weighted by molar-refractivity contribution is -0.132. The van der Waals surface area contributed by atoms with Gasteiger partial charge in [-0.3, -0.25) is 0 Å². The van der Waals surface area contributed by atoms with Crippen LogP contribution in [0.5, 0.6) is 0 Å². The van der Waals surface area contributed by atoms with Crippen LogP contribution < -0.4 is 0 Å². The molecule has 0 fully saturated rings. The molecule has 60 valence electrons. The normalized spacial score (nSPS) is 17.2. The molecule has 1 aliphatic carbocycles. The van der Waals surface area contributed by atoms with E-state index in [0.29, 0.717) is 12.0 Å². The molecule has 2 heteroatoms. The first-order valence-corrected chi connectivity index (χ1v) is 3.74. The van der Waals surface area contributed by atoms with Crippen LogP contribution in [-0.4, -0.2) is 11.1 Å². The summed E-state index contributed by atoms with van der Waals surface area (Å²) in [5, 5.41) is 8.73. The Morgan fingerprint density at radius 2 is 2.00 bits per heavy atom. The summed E-state index contributed by atoms with van der Waals surface area (Å²) in [6.07, 6.45) is 2.55. The maximum absolute atomic E-state index is 10.6. The average molecular weight is 152 g/mol. The van der Waals surface area contributed by atoms with Gasteiger partial charge < -0.3 is 5.11 Å². The van der Waals surface area contributed by atoms with Crippen LogP contribution in [0.3, 0.4) is 0 Å². The Bertz CT molecular complexity index is 212. The van der Waals surface area contributed by atoms with Gasteiger partial charge >= 0.3 is 5.97 Å². The molecule has 0 aromatic heterocycles. The Morgan fingerprint density at radius 1 is 1.45 bits per heavy atom. The highest BCUT2D eigenvalue weighted by Gasteiger charge is 2.19. The molecule has 11 heavy (non-hydrogen) atoms. The van der Waals surface area contributed by atoms with E-state index in [9.17, 15) is 4.79 Å². The minimum atomic E-state index is -0.777. The second-order valence-electron chi connectivity index (χ2n) is 2.90. The first-order chi connectivity index (χ1) is 5.13. The van der Waals surface area contributed by atoms with Crippen LogP contribution in [0.2, 0.25) is 0 Å². The molecule has 0 radical (unpaired) electrons. The highest BCUT2D eigenvalue weighted by molar-refractivity contribution is 5.89. The zero-order valence-corrected chi connectivity index (χ0v) is 6.68. The van der Waals surface area contributed by atoms with Crippen molar-refractivity contribution >= 4 is 5.97 Å². The van der Waals surface area contributed by atoms with E-state index in [-0.39, 0.29) is 0 Å². The molecule has 1 aliphatic rings. The number of carboxylic acids is 1. The Balaban J connectivity index is 2.95. The summed E-state index contributed by atoms with van der Waals surface area (Å²) in [6.45, 7) is 5.61. The molecule has 0 aromatic carbocycles. The SMILES string of the molecule is C=C(C)C1=C(C(=O)O)CCC1. The van der Waals surface area contributed by atoms with E-state index in [1.165, 1.54) is 0 Å².